The Morgan fingerprint density at radius 2 is 1.89 bits per heavy atom. The van der Waals surface area contributed by atoms with Gasteiger partial charge in [-0.2, -0.15) is 0 Å². The molecule has 202 valence electrons. The number of hydrogen-bond acceptors (Lipinski definition) is 6. The van der Waals surface area contributed by atoms with Gasteiger partial charge in [-0.15, -0.1) is 0 Å². The zero-order valence-electron chi connectivity index (χ0n) is 21.4. The number of nitrogens with zero attached hydrogens (tertiary/aromatic N) is 1. The van der Waals surface area contributed by atoms with Gasteiger partial charge in [-0.05, 0) is 67.9 Å². The number of aromatic hydroxyl groups is 1. The number of phenols is 1. The van der Waals surface area contributed by atoms with Gasteiger partial charge in [-0.25, -0.2) is 0 Å². The highest BCUT2D eigenvalue weighted by Gasteiger charge is 2.56. The molecule has 4 atom stereocenters. The minimum atomic E-state index is -0.960. The van der Waals surface area contributed by atoms with Crippen molar-refractivity contribution in [3.8, 4) is 5.75 Å². The van der Waals surface area contributed by atoms with Gasteiger partial charge in [0, 0.05) is 22.0 Å². The lowest BCUT2D eigenvalue weighted by Crippen LogP contribution is -2.42. The van der Waals surface area contributed by atoms with E-state index >= 15 is 0 Å². The van der Waals surface area contributed by atoms with Crippen LogP contribution in [-0.2, 0) is 9.59 Å². The van der Waals surface area contributed by atoms with E-state index in [9.17, 15) is 30.0 Å². The van der Waals surface area contributed by atoms with Crippen molar-refractivity contribution in [2.45, 2.75) is 76.9 Å². The second kappa shape index (κ2) is 12.2. The Morgan fingerprint density at radius 3 is 2.54 bits per heavy atom. The molecule has 1 aromatic carbocycles. The van der Waals surface area contributed by atoms with Crippen molar-refractivity contribution in [1.29, 1.82) is 0 Å². The smallest absolute Gasteiger partial charge is 0.234 e. The number of rotatable bonds is 9. The standard InChI is InChI=1S/C29H38BrNO6/c1-2-17(12-18-13-20(30)9-11-24(18)34)8-10-25(35)26-19(15-32)14-22-27(23(26)16-33)29(37)31(28(22)36)21-6-4-3-5-7-21/h9,11-13,21-23,25,27,32-35H,2-8,10,14-16H2,1H3/b17-12+/t22-,23+,25-,27-/m1/s1. The number of phenolic OH excluding ortho intramolecular Hbond substituents is 1. The quantitative estimate of drug-likeness (QED) is 0.257. The monoisotopic (exact) mass is 575 g/mol. The second-order valence-electron chi connectivity index (χ2n) is 10.6. The maximum atomic E-state index is 13.5. The normalized spacial score (nSPS) is 26.1. The topological polar surface area (TPSA) is 118 Å². The fraction of sp³-hybridized carbons (Fsp3) is 0.586. The zero-order valence-corrected chi connectivity index (χ0v) is 23.0. The Bertz CT molecular complexity index is 1080. The van der Waals surface area contributed by atoms with Crippen molar-refractivity contribution >= 4 is 33.8 Å². The number of amides is 2. The van der Waals surface area contributed by atoms with Gasteiger partial charge < -0.3 is 20.4 Å². The summed E-state index contributed by atoms with van der Waals surface area (Å²) >= 11 is 3.42. The second-order valence-corrected chi connectivity index (χ2v) is 11.5. The van der Waals surface area contributed by atoms with Gasteiger partial charge >= 0.3 is 0 Å². The van der Waals surface area contributed by atoms with E-state index in [1.807, 2.05) is 19.1 Å². The number of carbonyl (C=O) groups excluding carboxylic acids is 2. The summed E-state index contributed by atoms with van der Waals surface area (Å²) in [6, 6.07) is 5.13. The molecule has 0 aromatic heterocycles. The summed E-state index contributed by atoms with van der Waals surface area (Å²) in [6.45, 7) is 1.33. The third-order valence-corrected chi connectivity index (χ3v) is 8.94. The Labute approximate surface area is 227 Å². The molecule has 0 radical (unpaired) electrons. The Hall–Kier alpha value is -2.00. The summed E-state index contributed by atoms with van der Waals surface area (Å²) in [4.78, 5) is 28.3. The molecule has 0 spiro atoms. The van der Waals surface area contributed by atoms with E-state index < -0.39 is 23.9 Å². The number of fused-ring (bicyclic) bond motifs is 1. The first-order chi connectivity index (χ1) is 17.8. The SMILES string of the molecule is CC/C(=C\c1cc(Br)ccc1O)CC[C@@H](O)C1=C(CO)C[C@H]2C(=O)N(C3CCCCC3)C(=O)[C@H]2[C@H]1CO. The summed E-state index contributed by atoms with van der Waals surface area (Å²) in [5.74, 6) is -2.23. The van der Waals surface area contributed by atoms with Crippen LogP contribution in [0.25, 0.3) is 6.08 Å². The molecule has 4 N–H and O–H groups in total. The van der Waals surface area contributed by atoms with E-state index in [1.54, 1.807) is 12.1 Å². The Kier molecular flexibility index (Phi) is 9.27. The van der Waals surface area contributed by atoms with Gasteiger partial charge in [0.1, 0.15) is 5.75 Å². The third kappa shape index (κ3) is 5.72. The van der Waals surface area contributed by atoms with Crippen LogP contribution in [0.2, 0.25) is 0 Å². The summed E-state index contributed by atoms with van der Waals surface area (Å²) < 4.78 is 0.852. The first-order valence-corrected chi connectivity index (χ1v) is 14.3. The molecule has 1 heterocycles. The van der Waals surface area contributed by atoms with Crippen LogP contribution >= 0.6 is 15.9 Å². The molecule has 1 aromatic rings. The average Bonchev–Trinajstić information content (AvgIpc) is 3.16. The largest absolute Gasteiger partial charge is 0.507 e. The Balaban J connectivity index is 1.55. The van der Waals surface area contributed by atoms with Crippen molar-refractivity contribution in [2.75, 3.05) is 13.2 Å². The number of likely N-dealkylation sites (tertiary alicyclic amines) is 1. The molecule has 4 rings (SSSR count). The number of halogens is 1. The maximum absolute atomic E-state index is 13.5. The number of benzene rings is 1. The van der Waals surface area contributed by atoms with Crippen LogP contribution in [0.4, 0.5) is 0 Å². The molecular formula is C29H38BrNO6. The highest BCUT2D eigenvalue weighted by atomic mass is 79.9. The van der Waals surface area contributed by atoms with Crippen molar-refractivity contribution in [3.05, 3.63) is 45.0 Å². The van der Waals surface area contributed by atoms with Gasteiger partial charge in [-0.3, -0.25) is 14.5 Å². The number of imide groups is 1. The predicted octanol–water partition coefficient (Wildman–Crippen LogP) is 4.32. The van der Waals surface area contributed by atoms with Gasteiger partial charge in [-0.1, -0.05) is 53.8 Å². The van der Waals surface area contributed by atoms with Crippen molar-refractivity contribution < 1.29 is 30.0 Å². The summed E-state index contributed by atoms with van der Waals surface area (Å²) in [5.41, 5.74) is 2.79. The van der Waals surface area contributed by atoms with Gasteiger partial charge in [0.15, 0.2) is 0 Å². The fourth-order valence-corrected chi connectivity index (χ4v) is 6.90. The van der Waals surface area contributed by atoms with Crippen molar-refractivity contribution in [1.82, 2.24) is 4.90 Å². The van der Waals surface area contributed by atoms with Crippen LogP contribution in [-0.4, -0.2) is 62.5 Å². The van der Waals surface area contributed by atoms with Crippen LogP contribution < -0.4 is 0 Å². The number of aliphatic hydroxyl groups is 3. The molecule has 3 aliphatic rings. The highest BCUT2D eigenvalue weighted by molar-refractivity contribution is 9.10. The molecule has 1 saturated heterocycles. The molecule has 8 heteroatoms. The molecule has 1 aliphatic heterocycles. The van der Waals surface area contributed by atoms with Gasteiger partial charge in [0.2, 0.25) is 11.8 Å². The van der Waals surface area contributed by atoms with Crippen LogP contribution in [0.5, 0.6) is 5.75 Å². The molecule has 2 fully saturated rings. The van der Waals surface area contributed by atoms with Crippen LogP contribution in [0, 0.1) is 17.8 Å². The van der Waals surface area contributed by atoms with Gasteiger partial charge in [0.25, 0.3) is 0 Å². The molecule has 2 amide bonds. The van der Waals surface area contributed by atoms with E-state index in [4.69, 9.17) is 0 Å². The molecular weight excluding hydrogens is 538 g/mol. The van der Waals surface area contributed by atoms with E-state index in [0.29, 0.717) is 29.6 Å². The lowest BCUT2D eigenvalue weighted by Gasteiger charge is -2.36. The van der Waals surface area contributed by atoms with E-state index in [1.165, 1.54) is 4.90 Å². The minimum absolute atomic E-state index is 0.0867. The van der Waals surface area contributed by atoms with Crippen molar-refractivity contribution in [2.24, 2.45) is 17.8 Å². The fourth-order valence-electron chi connectivity index (χ4n) is 6.52. The molecule has 2 aliphatic carbocycles. The van der Waals surface area contributed by atoms with E-state index in [-0.39, 0.29) is 43.2 Å². The zero-order chi connectivity index (χ0) is 26.7. The average molecular weight is 577 g/mol. The number of allylic oxidation sites excluding steroid dienone is 1. The number of hydrogen-bond donors (Lipinski definition) is 4. The number of aliphatic hydroxyl groups excluding tert-OH is 3. The summed E-state index contributed by atoms with van der Waals surface area (Å²) in [5, 5.41) is 42.1. The van der Waals surface area contributed by atoms with Crippen molar-refractivity contribution in [3.63, 3.8) is 0 Å². The first kappa shape index (κ1) is 28.0. The van der Waals surface area contributed by atoms with Crippen LogP contribution in [0.3, 0.4) is 0 Å². The Morgan fingerprint density at radius 1 is 1.16 bits per heavy atom. The highest BCUT2D eigenvalue weighted by Crippen LogP contribution is 2.47. The van der Waals surface area contributed by atoms with E-state index in [0.717, 1.165) is 48.6 Å². The summed E-state index contributed by atoms with van der Waals surface area (Å²) in [7, 11) is 0. The summed E-state index contributed by atoms with van der Waals surface area (Å²) in [6.07, 6.45) is 7.53. The van der Waals surface area contributed by atoms with Crippen LogP contribution in [0.1, 0.15) is 70.3 Å². The predicted molar refractivity (Wildman–Crippen MR) is 144 cm³/mol. The molecule has 37 heavy (non-hydrogen) atoms. The lowest BCUT2D eigenvalue weighted by atomic mass is 9.68. The van der Waals surface area contributed by atoms with E-state index in [2.05, 4.69) is 15.9 Å². The molecule has 0 unspecified atom stereocenters. The first-order valence-electron chi connectivity index (χ1n) is 13.5. The lowest BCUT2D eigenvalue weighted by molar-refractivity contribution is -0.143. The van der Waals surface area contributed by atoms with Crippen LogP contribution in [0.15, 0.2) is 39.4 Å². The molecule has 0 bridgehead atoms. The third-order valence-electron chi connectivity index (χ3n) is 8.45. The molecule has 1 saturated carbocycles. The maximum Gasteiger partial charge on any atom is 0.234 e. The number of carbonyl (C=O) groups is 2. The molecule has 7 nitrogen and oxygen atoms in total. The minimum Gasteiger partial charge on any atom is -0.507 e. The van der Waals surface area contributed by atoms with Gasteiger partial charge in [0.05, 0.1) is 31.2 Å².